The summed E-state index contributed by atoms with van der Waals surface area (Å²) < 4.78 is 9.93. The molecule has 1 heterocycles. The number of aliphatic imine (C=N–C) groups is 1. The highest BCUT2D eigenvalue weighted by atomic mass is 16.7. The van der Waals surface area contributed by atoms with Crippen molar-refractivity contribution in [2.75, 3.05) is 13.2 Å². The van der Waals surface area contributed by atoms with E-state index in [-0.39, 0.29) is 12.5 Å². The maximum atomic E-state index is 10.1. The summed E-state index contributed by atoms with van der Waals surface area (Å²) in [6.07, 6.45) is 0.916. The summed E-state index contributed by atoms with van der Waals surface area (Å²) >= 11 is 0. The molecule has 5 nitrogen and oxygen atoms in total. The van der Waals surface area contributed by atoms with E-state index in [2.05, 4.69) is 9.73 Å². The van der Waals surface area contributed by atoms with Gasteiger partial charge >= 0.3 is 6.16 Å². The van der Waals surface area contributed by atoms with Gasteiger partial charge in [0.1, 0.15) is 0 Å². The molecule has 80 valence electrons. The molecule has 1 atom stereocenters. The fourth-order valence-electron chi connectivity index (χ4n) is 1.44. The third kappa shape index (κ3) is 2.45. The summed E-state index contributed by atoms with van der Waals surface area (Å²) in [4.78, 5) is 14.4. The molecule has 0 aromatic heterocycles. The Morgan fingerprint density at radius 2 is 2.50 bits per heavy atom. The van der Waals surface area contributed by atoms with Crippen LogP contribution in [0.4, 0.5) is 4.79 Å². The number of hydrogen-bond donors (Lipinski definition) is 1. The average Bonchev–Trinajstić information content (AvgIpc) is 2.53. The molecule has 0 saturated carbocycles. The lowest BCUT2D eigenvalue weighted by Gasteiger charge is -2.29. The van der Waals surface area contributed by atoms with Gasteiger partial charge in [0, 0.05) is 18.6 Å². The Hall–Kier alpha value is -1.10. The van der Waals surface area contributed by atoms with E-state index in [0.29, 0.717) is 13.0 Å². The molecule has 0 amide bonds. The minimum atomic E-state index is -1.26. The predicted octanol–water partition coefficient (Wildman–Crippen LogP) is 1.52. The van der Waals surface area contributed by atoms with E-state index in [1.165, 1.54) is 0 Å². The van der Waals surface area contributed by atoms with Crippen LogP contribution in [0.25, 0.3) is 0 Å². The molecule has 5 heteroatoms. The molecule has 0 aromatic carbocycles. The van der Waals surface area contributed by atoms with Crippen molar-refractivity contribution in [1.29, 1.82) is 0 Å². The van der Waals surface area contributed by atoms with Crippen molar-refractivity contribution in [2.24, 2.45) is 10.9 Å². The Labute approximate surface area is 82.7 Å². The first-order valence-electron chi connectivity index (χ1n) is 4.60. The first kappa shape index (κ1) is 11.0. The Bertz CT molecular complexity index is 239. The summed E-state index contributed by atoms with van der Waals surface area (Å²) in [6, 6.07) is 0. The van der Waals surface area contributed by atoms with Crippen LogP contribution in [0.3, 0.4) is 0 Å². The fraction of sp³-hybridized carbons (Fsp3) is 0.778. The molecule has 0 fully saturated rings. The van der Waals surface area contributed by atoms with Gasteiger partial charge in [-0.1, -0.05) is 13.8 Å². The van der Waals surface area contributed by atoms with Crippen LogP contribution < -0.4 is 0 Å². The van der Waals surface area contributed by atoms with Gasteiger partial charge in [-0.3, -0.25) is 4.99 Å². The van der Waals surface area contributed by atoms with Gasteiger partial charge in [0.15, 0.2) is 5.72 Å². The molecule has 1 aliphatic heterocycles. The van der Waals surface area contributed by atoms with E-state index >= 15 is 0 Å². The van der Waals surface area contributed by atoms with Gasteiger partial charge < -0.3 is 14.6 Å². The summed E-state index contributed by atoms with van der Waals surface area (Å²) in [5.74, 6) is 0.207. The molecule has 0 aliphatic carbocycles. The summed E-state index contributed by atoms with van der Waals surface area (Å²) in [5.41, 5.74) is -0.588. The number of ether oxygens (including phenoxy) is 2. The monoisotopic (exact) mass is 201 g/mol. The van der Waals surface area contributed by atoms with E-state index in [4.69, 9.17) is 9.84 Å². The molecular weight excluding hydrogens is 186 g/mol. The van der Waals surface area contributed by atoms with Crippen molar-refractivity contribution in [3.8, 4) is 0 Å². The molecule has 0 aromatic rings. The van der Waals surface area contributed by atoms with Gasteiger partial charge in [-0.2, -0.15) is 0 Å². The minimum Gasteiger partial charge on any atom is -0.450 e. The largest absolute Gasteiger partial charge is 0.505 e. The number of carbonyl (C=O) groups is 1. The van der Waals surface area contributed by atoms with Gasteiger partial charge in [-0.15, -0.1) is 0 Å². The molecule has 0 radical (unpaired) electrons. The highest BCUT2D eigenvalue weighted by molar-refractivity contribution is 5.61. The number of nitrogens with zero attached hydrogens (tertiary/aromatic N) is 1. The first-order valence-corrected chi connectivity index (χ1v) is 4.60. The van der Waals surface area contributed by atoms with Gasteiger partial charge in [-0.25, -0.2) is 4.79 Å². The standard InChI is InChI=1S/C9H15NO4/c1-7(2)9(10-4-6-14-9)3-5-13-8(11)12/h4,7H,3,5-6H2,1-2H3,(H,11,12). The molecule has 0 bridgehead atoms. The van der Waals surface area contributed by atoms with Gasteiger partial charge in [0.2, 0.25) is 0 Å². The fourth-order valence-corrected chi connectivity index (χ4v) is 1.44. The Balaban J connectivity index is 2.45. The highest BCUT2D eigenvalue weighted by Crippen LogP contribution is 2.30. The minimum absolute atomic E-state index is 0.116. The van der Waals surface area contributed by atoms with E-state index in [1.807, 2.05) is 13.8 Å². The van der Waals surface area contributed by atoms with Gasteiger partial charge in [-0.05, 0) is 0 Å². The smallest absolute Gasteiger partial charge is 0.450 e. The summed E-state index contributed by atoms with van der Waals surface area (Å²) in [6.45, 7) is 4.59. The zero-order chi connectivity index (χ0) is 10.6. The maximum absolute atomic E-state index is 10.1. The van der Waals surface area contributed by atoms with Crippen molar-refractivity contribution in [3.63, 3.8) is 0 Å². The zero-order valence-corrected chi connectivity index (χ0v) is 8.40. The number of rotatable bonds is 4. The van der Waals surface area contributed by atoms with Crippen LogP contribution in [0.15, 0.2) is 4.99 Å². The third-order valence-corrected chi connectivity index (χ3v) is 2.31. The summed E-state index contributed by atoms with van der Waals surface area (Å²) in [7, 11) is 0. The van der Waals surface area contributed by atoms with Gasteiger partial charge in [0.05, 0.1) is 13.2 Å². The van der Waals surface area contributed by atoms with Crippen molar-refractivity contribution in [1.82, 2.24) is 0 Å². The van der Waals surface area contributed by atoms with Crippen LogP contribution >= 0.6 is 0 Å². The highest BCUT2D eigenvalue weighted by Gasteiger charge is 2.36. The maximum Gasteiger partial charge on any atom is 0.505 e. The van der Waals surface area contributed by atoms with Crippen LogP contribution in [0, 0.1) is 5.92 Å². The Morgan fingerprint density at radius 1 is 1.79 bits per heavy atom. The summed E-state index contributed by atoms with van der Waals surface area (Å²) in [5, 5.41) is 8.31. The van der Waals surface area contributed by atoms with Crippen molar-refractivity contribution >= 4 is 12.4 Å². The molecule has 0 saturated heterocycles. The lowest BCUT2D eigenvalue weighted by Crippen LogP contribution is -2.35. The van der Waals surface area contributed by atoms with E-state index < -0.39 is 11.9 Å². The Morgan fingerprint density at radius 3 is 2.93 bits per heavy atom. The van der Waals surface area contributed by atoms with Crippen LogP contribution in [0.1, 0.15) is 20.3 Å². The molecule has 1 unspecified atom stereocenters. The second kappa shape index (κ2) is 4.41. The van der Waals surface area contributed by atoms with Crippen molar-refractivity contribution in [2.45, 2.75) is 26.0 Å². The molecule has 0 spiro atoms. The molecular formula is C9H15NO4. The molecule has 1 rings (SSSR count). The number of hydrogen-bond acceptors (Lipinski definition) is 4. The lowest BCUT2D eigenvalue weighted by atomic mass is 9.97. The van der Waals surface area contributed by atoms with Crippen molar-refractivity contribution in [3.05, 3.63) is 0 Å². The van der Waals surface area contributed by atoms with Gasteiger partial charge in [0.25, 0.3) is 0 Å². The average molecular weight is 201 g/mol. The third-order valence-electron chi connectivity index (χ3n) is 2.31. The first-order chi connectivity index (χ1) is 6.57. The quantitative estimate of drug-likeness (QED) is 0.700. The Kier molecular flexibility index (Phi) is 3.46. The van der Waals surface area contributed by atoms with E-state index in [0.717, 1.165) is 0 Å². The van der Waals surface area contributed by atoms with Crippen molar-refractivity contribution < 1.29 is 19.4 Å². The second-order valence-electron chi connectivity index (χ2n) is 3.49. The SMILES string of the molecule is CC(C)C1(CCOC(=O)O)N=CCO1. The topological polar surface area (TPSA) is 68.1 Å². The normalized spacial score (nSPS) is 25.6. The van der Waals surface area contributed by atoms with Crippen LogP contribution in [0.2, 0.25) is 0 Å². The molecule has 14 heavy (non-hydrogen) atoms. The van der Waals surface area contributed by atoms with Crippen LogP contribution in [-0.4, -0.2) is 36.4 Å². The number of carboxylic acid groups (broad SMARTS) is 1. The molecule has 1 N–H and O–H groups in total. The lowest BCUT2D eigenvalue weighted by molar-refractivity contribution is -0.0561. The van der Waals surface area contributed by atoms with Crippen LogP contribution in [-0.2, 0) is 9.47 Å². The predicted molar refractivity (Wildman–Crippen MR) is 50.6 cm³/mol. The van der Waals surface area contributed by atoms with Crippen LogP contribution in [0.5, 0.6) is 0 Å². The molecule has 1 aliphatic rings. The zero-order valence-electron chi connectivity index (χ0n) is 8.40. The van der Waals surface area contributed by atoms with E-state index in [1.54, 1.807) is 6.21 Å². The second-order valence-corrected chi connectivity index (χ2v) is 3.49. The van der Waals surface area contributed by atoms with E-state index in [9.17, 15) is 4.79 Å².